The smallest absolute Gasteiger partial charge is 0.242 e. The molecule has 112 valence electrons. The zero-order valence-corrected chi connectivity index (χ0v) is 13.5. The van der Waals surface area contributed by atoms with Crippen molar-refractivity contribution in [3.05, 3.63) is 53.6 Å². The average Bonchev–Trinajstić information content (AvgIpc) is 2.44. The molecule has 0 heterocycles. The van der Waals surface area contributed by atoms with E-state index in [0.29, 0.717) is 17.3 Å². The third-order valence-corrected chi connectivity index (χ3v) is 5.45. The molecule has 0 amide bonds. The Labute approximate surface area is 133 Å². The number of hydrogen-bond acceptors (Lipinski definition) is 4. The quantitative estimate of drug-likeness (QED) is 0.481. The van der Waals surface area contributed by atoms with E-state index >= 15 is 0 Å². The summed E-state index contributed by atoms with van der Waals surface area (Å²) < 4.78 is 26.8. The Morgan fingerprint density at radius 3 is 2.52 bits per heavy atom. The summed E-state index contributed by atoms with van der Waals surface area (Å²) in [7, 11) is -3.61. The Morgan fingerprint density at radius 1 is 1.14 bits per heavy atom. The highest BCUT2D eigenvalue weighted by molar-refractivity contribution is 7.99. The fourth-order valence-corrected chi connectivity index (χ4v) is 3.95. The Hall–Kier alpha value is -1.21. The molecule has 0 spiro atoms. The second kappa shape index (κ2) is 7.17. The molecule has 3 N–H and O–H groups in total. The van der Waals surface area contributed by atoms with Gasteiger partial charge in [0.1, 0.15) is 4.90 Å². The lowest BCUT2D eigenvalue weighted by molar-refractivity contribution is 0.584. The summed E-state index contributed by atoms with van der Waals surface area (Å²) >= 11 is 7.35. The minimum atomic E-state index is -3.61. The van der Waals surface area contributed by atoms with Gasteiger partial charge >= 0.3 is 0 Å². The molecule has 4 nitrogen and oxygen atoms in total. The average molecular weight is 343 g/mol. The Bertz CT molecular complexity index is 706. The molecule has 0 unspecified atom stereocenters. The van der Waals surface area contributed by atoms with Crippen LogP contribution in [0.3, 0.4) is 0 Å². The van der Waals surface area contributed by atoms with Gasteiger partial charge in [0.2, 0.25) is 10.0 Å². The monoisotopic (exact) mass is 342 g/mol. The highest BCUT2D eigenvalue weighted by Gasteiger charge is 2.16. The summed E-state index contributed by atoms with van der Waals surface area (Å²) in [5.41, 5.74) is 5.84. The molecular formula is C14H15ClN2O2S2. The summed E-state index contributed by atoms with van der Waals surface area (Å²) in [4.78, 5) is 1.15. The van der Waals surface area contributed by atoms with Gasteiger partial charge in [-0.25, -0.2) is 13.1 Å². The summed E-state index contributed by atoms with van der Waals surface area (Å²) in [6, 6.07) is 14.1. The van der Waals surface area contributed by atoms with Crippen LogP contribution in [0.5, 0.6) is 0 Å². The van der Waals surface area contributed by atoms with Crippen molar-refractivity contribution in [2.24, 2.45) is 0 Å². The van der Waals surface area contributed by atoms with E-state index in [2.05, 4.69) is 4.72 Å². The maximum atomic E-state index is 12.1. The van der Waals surface area contributed by atoms with Crippen LogP contribution in [-0.2, 0) is 10.0 Å². The maximum Gasteiger partial charge on any atom is 0.242 e. The SMILES string of the molecule is Nc1cc(Cl)ccc1S(=O)(=O)NCCSc1ccccc1. The standard InChI is InChI=1S/C14H15ClN2O2S2/c15-11-6-7-14(13(16)10-11)21(18,19)17-8-9-20-12-4-2-1-3-5-12/h1-7,10,17H,8-9,16H2. The summed E-state index contributed by atoms with van der Waals surface area (Å²) in [5, 5.41) is 0.408. The molecule has 7 heteroatoms. The topological polar surface area (TPSA) is 72.2 Å². The van der Waals surface area contributed by atoms with Crippen LogP contribution < -0.4 is 10.5 Å². The lowest BCUT2D eigenvalue weighted by Gasteiger charge is -2.09. The van der Waals surface area contributed by atoms with Gasteiger partial charge in [-0.3, -0.25) is 0 Å². The van der Waals surface area contributed by atoms with E-state index in [-0.39, 0.29) is 10.6 Å². The first-order valence-corrected chi connectivity index (χ1v) is 9.06. The molecule has 0 aliphatic heterocycles. The van der Waals surface area contributed by atoms with E-state index in [1.165, 1.54) is 18.2 Å². The lowest BCUT2D eigenvalue weighted by atomic mass is 10.3. The number of thioether (sulfide) groups is 1. The Morgan fingerprint density at radius 2 is 1.86 bits per heavy atom. The van der Waals surface area contributed by atoms with Gasteiger partial charge < -0.3 is 5.73 Å². The third-order valence-electron chi connectivity index (χ3n) is 2.67. The highest BCUT2D eigenvalue weighted by Crippen LogP contribution is 2.22. The Kier molecular flexibility index (Phi) is 5.52. The number of nitrogens with one attached hydrogen (secondary N) is 1. The van der Waals surface area contributed by atoms with Crippen molar-refractivity contribution >= 4 is 39.1 Å². The first-order chi connectivity index (χ1) is 9.99. The van der Waals surface area contributed by atoms with Gasteiger partial charge in [0.25, 0.3) is 0 Å². The van der Waals surface area contributed by atoms with Crippen molar-refractivity contribution in [3.8, 4) is 0 Å². The fraction of sp³-hybridized carbons (Fsp3) is 0.143. The molecule has 0 saturated carbocycles. The normalized spacial score (nSPS) is 11.5. The molecule has 0 aliphatic rings. The molecule has 0 aliphatic carbocycles. The minimum absolute atomic E-state index is 0.0524. The molecule has 0 bridgehead atoms. The number of benzene rings is 2. The predicted octanol–water partition coefficient (Wildman–Crippen LogP) is 2.99. The van der Waals surface area contributed by atoms with Crippen molar-refractivity contribution in [1.29, 1.82) is 0 Å². The van der Waals surface area contributed by atoms with Gasteiger partial charge in [-0.1, -0.05) is 29.8 Å². The second-order valence-electron chi connectivity index (χ2n) is 4.24. The van der Waals surface area contributed by atoms with Gasteiger partial charge in [0.05, 0.1) is 5.69 Å². The number of anilines is 1. The number of nitrogens with two attached hydrogens (primary N) is 1. The molecular weight excluding hydrogens is 328 g/mol. The predicted molar refractivity (Wildman–Crippen MR) is 88.2 cm³/mol. The molecule has 0 atom stereocenters. The molecule has 2 aromatic rings. The summed E-state index contributed by atoms with van der Waals surface area (Å²) in [6.45, 7) is 0.323. The molecule has 0 radical (unpaired) electrons. The van der Waals surface area contributed by atoms with Crippen molar-refractivity contribution in [2.45, 2.75) is 9.79 Å². The lowest BCUT2D eigenvalue weighted by Crippen LogP contribution is -2.26. The van der Waals surface area contributed by atoms with Crippen LogP contribution in [0, 0.1) is 0 Å². The van der Waals surface area contributed by atoms with Crippen molar-refractivity contribution in [2.75, 3.05) is 18.0 Å². The van der Waals surface area contributed by atoms with Crippen LogP contribution in [0.25, 0.3) is 0 Å². The van der Waals surface area contributed by atoms with E-state index in [4.69, 9.17) is 17.3 Å². The van der Waals surface area contributed by atoms with Crippen molar-refractivity contribution < 1.29 is 8.42 Å². The van der Waals surface area contributed by atoms with E-state index in [9.17, 15) is 8.42 Å². The van der Waals surface area contributed by atoms with E-state index in [1.54, 1.807) is 11.8 Å². The van der Waals surface area contributed by atoms with Gasteiger partial charge in [0, 0.05) is 22.2 Å². The van der Waals surface area contributed by atoms with Gasteiger partial charge in [0.15, 0.2) is 0 Å². The van der Waals surface area contributed by atoms with Crippen molar-refractivity contribution in [1.82, 2.24) is 4.72 Å². The highest BCUT2D eigenvalue weighted by atomic mass is 35.5. The first kappa shape index (κ1) is 16.2. The number of hydrogen-bond donors (Lipinski definition) is 2. The number of sulfonamides is 1. The number of halogens is 1. The molecule has 0 saturated heterocycles. The second-order valence-corrected chi connectivity index (χ2v) is 7.58. The molecule has 21 heavy (non-hydrogen) atoms. The van der Waals surface area contributed by atoms with E-state index in [1.807, 2.05) is 30.3 Å². The van der Waals surface area contributed by atoms with Crippen LogP contribution in [-0.4, -0.2) is 20.7 Å². The van der Waals surface area contributed by atoms with Gasteiger partial charge in [-0.05, 0) is 30.3 Å². The van der Waals surface area contributed by atoms with Crippen LogP contribution in [0.15, 0.2) is 58.3 Å². The van der Waals surface area contributed by atoms with Crippen LogP contribution in [0.1, 0.15) is 0 Å². The van der Waals surface area contributed by atoms with E-state index in [0.717, 1.165) is 4.90 Å². The maximum absolute atomic E-state index is 12.1. The molecule has 2 aromatic carbocycles. The minimum Gasteiger partial charge on any atom is -0.398 e. The van der Waals surface area contributed by atoms with Crippen LogP contribution >= 0.6 is 23.4 Å². The number of nitrogen functional groups attached to an aromatic ring is 1. The number of rotatable bonds is 6. The molecule has 0 fully saturated rings. The molecule has 0 aromatic heterocycles. The zero-order chi connectivity index (χ0) is 15.3. The summed E-state index contributed by atoms with van der Waals surface area (Å²) in [5.74, 6) is 0.636. The van der Waals surface area contributed by atoms with Crippen LogP contribution in [0.4, 0.5) is 5.69 Å². The largest absolute Gasteiger partial charge is 0.398 e. The van der Waals surface area contributed by atoms with Gasteiger partial charge in [-0.2, -0.15) is 0 Å². The fourth-order valence-electron chi connectivity index (χ4n) is 1.70. The first-order valence-electron chi connectivity index (χ1n) is 6.21. The molecule has 2 rings (SSSR count). The summed E-state index contributed by atoms with van der Waals surface area (Å²) in [6.07, 6.45) is 0. The third kappa shape index (κ3) is 4.64. The Balaban J connectivity index is 1.92. The van der Waals surface area contributed by atoms with Crippen molar-refractivity contribution in [3.63, 3.8) is 0 Å². The zero-order valence-electron chi connectivity index (χ0n) is 11.1. The van der Waals surface area contributed by atoms with E-state index < -0.39 is 10.0 Å². The van der Waals surface area contributed by atoms with Gasteiger partial charge in [-0.15, -0.1) is 11.8 Å². The van der Waals surface area contributed by atoms with Crippen LogP contribution in [0.2, 0.25) is 5.02 Å².